The lowest BCUT2D eigenvalue weighted by molar-refractivity contribution is -0.128. The Kier molecular flexibility index (Phi) is 5.72. The maximum Gasteiger partial charge on any atom is 0.232 e. The van der Waals surface area contributed by atoms with Gasteiger partial charge in [-0.05, 0) is 25.0 Å². The number of nitrogens with one attached hydrogen (secondary N) is 2. The van der Waals surface area contributed by atoms with Crippen LogP contribution in [0.1, 0.15) is 12.5 Å². The van der Waals surface area contributed by atoms with Gasteiger partial charge in [0, 0.05) is 25.6 Å². The fraction of sp³-hybridized carbons (Fsp3) is 0.412. The molecular weight excluding hydrogens is 278 g/mol. The first-order valence-corrected chi connectivity index (χ1v) is 7.42. The van der Waals surface area contributed by atoms with Crippen LogP contribution in [-0.2, 0) is 16.0 Å². The molecule has 2 N–H and O–H groups in total. The topological polar surface area (TPSA) is 62.7 Å². The molecule has 2 rings (SSSR count). The van der Waals surface area contributed by atoms with Gasteiger partial charge in [-0.2, -0.15) is 0 Å². The van der Waals surface area contributed by atoms with Crippen molar-refractivity contribution < 1.29 is 9.53 Å². The number of benzene rings is 1. The molecule has 1 heterocycles. The van der Waals surface area contributed by atoms with E-state index in [2.05, 4.69) is 15.6 Å². The molecule has 5 heteroatoms. The molecule has 1 aromatic carbocycles. The summed E-state index contributed by atoms with van der Waals surface area (Å²) in [4.78, 5) is 16.9. The fourth-order valence-electron chi connectivity index (χ4n) is 2.51. The summed E-state index contributed by atoms with van der Waals surface area (Å²) < 4.78 is 5.00. The number of methoxy groups -OCH3 is 1. The highest BCUT2D eigenvalue weighted by Crippen LogP contribution is 2.30. The van der Waals surface area contributed by atoms with E-state index in [0.29, 0.717) is 26.2 Å². The average molecular weight is 301 g/mol. The summed E-state index contributed by atoms with van der Waals surface area (Å²) >= 11 is 0. The number of aliphatic imine (C=N–C) groups is 1. The van der Waals surface area contributed by atoms with Gasteiger partial charge in [0.15, 0.2) is 0 Å². The van der Waals surface area contributed by atoms with Gasteiger partial charge in [-0.3, -0.25) is 9.79 Å². The molecule has 0 spiro atoms. The van der Waals surface area contributed by atoms with Crippen LogP contribution in [0.5, 0.6) is 0 Å². The van der Waals surface area contributed by atoms with Crippen molar-refractivity contribution in [1.29, 1.82) is 0 Å². The summed E-state index contributed by atoms with van der Waals surface area (Å²) in [6, 6.07) is 10.0. The summed E-state index contributed by atoms with van der Waals surface area (Å²) in [7, 11) is 1.62. The first-order valence-electron chi connectivity index (χ1n) is 7.42. The van der Waals surface area contributed by atoms with E-state index < -0.39 is 5.41 Å². The number of allylic oxidation sites excluding steroid dienone is 1. The third-order valence-electron chi connectivity index (χ3n) is 3.80. The fourth-order valence-corrected chi connectivity index (χ4v) is 2.51. The van der Waals surface area contributed by atoms with Gasteiger partial charge in [-0.25, -0.2) is 0 Å². The zero-order valence-corrected chi connectivity index (χ0v) is 13.1. The van der Waals surface area contributed by atoms with E-state index in [1.54, 1.807) is 13.3 Å². The van der Waals surface area contributed by atoms with E-state index >= 15 is 0 Å². The lowest BCUT2D eigenvalue weighted by Crippen LogP contribution is -2.46. The Bertz CT molecular complexity index is 554. The minimum atomic E-state index is -0.665. The van der Waals surface area contributed by atoms with E-state index in [1.165, 1.54) is 0 Å². The van der Waals surface area contributed by atoms with Crippen LogP contribution in [-0.4, -0.2) is 39.1 Å². The number of rotatable bonds is 7. The Labute approximate surface area is 131 Å². The lowest BCUT2D eigenvalue weighted by atomic mass is 9.79. The minimum Gasteiger partial charge on any atom is -0.383 e. The van der Waals surface area contributed by atoms with Crippen LogP contribution in [0.2, 0.25) is 0 Å². The SMILES string of the molecule is COCCNC(=O)C(C)(Cc1ccccc1)C1=CC=NCN1. The summed E-state index contributed by atoms with van der Waals surface area (Å²) in [5.41, 5.74) is 1.35. The van der Waals surface area contributed by atoms with E-state index in [9.17, 15) is 4.79 Å². The molecule has 1 aliphatic rings. The van der Waals surface area contributed by atoms with Crippen LogP contribution in [0.3, 0.4) is 0 Å². The zero-order chi connectivity index (χ0) is 15.8. The van der Waals surface area contributed by atoms with Crippen molar-refractivity contribution in [3.63, 3.8) is 0 Å². The standard InChI is InChI=1S/C17H23N3O2/c1-17(15-8-9-18-13-20-15,16(21)19-10-11-22-2)12-14-6-4-3-5-7-14/h3-9,20H,10-13H2,1-2H3,(H,19,21). The minimum absolute atomic E-state index is 0.0116. The van der Waals surface area contributed by atoms with Crippen molar-refractivity contribution in [1.82, 2.24) is 10.6 Å². The summed E-state index contributed by atoms with van der Waals surface area (Å²) in [6.07, 6.45) is 4.25. The maximum atomic E-state index is 12.8. The molecule has 1 aromatic rings. The molecule has 0 saturated heterocycles. The molecule has 0 radical (unpaired) electrons. The number of amides is 1. The molecule has 0 aromatic heterocycles. The number of nitrogens with zero attached hydrogens (tertiary/aromatic N) is 1. The number of ether oxygens (including phenoxy) is 1. The van der Waals surface area contributed by atoms with E-state index in [-0.39, 0.29) is 5.91 Å². The van der Waals surface area contributed by atoms with Crippen molar-refractivity contribution in [3.05, 3.63) is 47.7 Å². The maximum absolute atomic E-state index is 12.8. The van der Waals surface area contributed by atoms with E-state index in [4.69, 9.17) is 4.74 Å². The Hall–Kier alpha value is -2.14. The molecule has 0 aliphatic carbocycles. The van der Waals surface area contributed by atoms with Gasteiger partial charge in [0.05, 0.1) is 12.0 Å². The van der Waals surface area contributed by atoms with Crippen LogP contribution in [0.25, 0.3) is 0 Å². The van der Waals surface area contributed by atoms with E-state index in [1.807, 2.05) is 43.3 Å². The van der Waals surface area contributed by atoms with Crippen molar-refractivity contribution in [3.8, 4) is 0 Å². The van der Waals surface area contributed by atoms with Gasteiger partial charge in [0.25, 0.3) is 0 Å². The molecule has 118 valence electrons. The Morgan fingerprint density at radius 2 is 2.18 bits per heavy atom. The largest absolute Gasteiger partial charge is 0.383 e. The Morgan fingerprint density at radius 3 is 2.82 bits per heavy atom. The first-order chi connectivity index (χ1) is 10.7. The molecular formula is C17H23N3O2. The zero-order valence-electron chi connectivity index (χ0n) is 13.1. The van der Waals surface area contributed by atoms with Gasteiger partial charge in [0.1, 0.15) is 6.67 Å². The van der Waals surface area contributed by atoms with E-state index in [0.717, 1.165) is 11.3 Å². The third kappa shape index (κ3) is 3.95. The van der Waals surface area contributed by atoms with Gasteiger partial charge in [-0.15, -0.1) is 0 Å². The predicted octanol–water partition coefficient (Wildman–Crippen LogP) is 1.51. The first kappa shape index (κ1) is 16.2. The van der Waals surface area contributed by atoms with Crippen LogP contribution in [0, 0.1) is 5.41 Å². The Morgan fingerprint density at radius 1 is 1.41 bits per heavy atom. The third-order valence-corrected chi connectivity index (χ3v) is 3.80. The molecule has 1 unspecified atom stereocenters. The van der Waals surface area contributed by atoms with Gasteiger partial charge < -0.3 is 15.4 Å². The molecule has 1 atom stereocenters. The van der Waals surface area contributed by atoms with Crippen molar-refractivity contribution in [2.24, 2.45) is 10.4 Å². The normalized spacial score (nSPS) is 16.4. The number of carbonyl (C=O) groups excluding carboxylic acids is 1. The van der Waals surface area contributed by atoms with Gasteiger partial charge in [0.2, 0.25) is 5.91 Å². The van der Waals surface area contributed by atoms with Crippen LogP contribution < -0.4 is 10.6 Å². The molecule has 5 nitrogen and oxygen atoms in total. The molecule has 0 fully saturated rings. The molecule has 0 bridgehead atoms. The summed E-state index contributed by atoms with van der Waals surface area (Å²) in [6.45, 7) is 3.46. The molecule has 0 saturated carbocycles. The highest BCUT2D eigenvalue weighted by molar-refractivity contribution is 5.87. The highest BCUT2D eigenvalue weighted by atomic mass is 16.5. The smallest absolute Gasteiger partial charge is 0.232 e. The van der Waals surface area contributed by atoms with Crippen molar-refractivity contribution in [2.75, 3.05) is 26.9 Å². The number of hydrogen-bond acceptors (Lipinski definition) is 4. The average Bonchev–Trinajstić information content (AvgIpc) is 2.56. The summed E-state index contributed by atoms with van der Waals surface area (Å²) in [5.74, 6) is -0.0116. The van der Waals surface area contributed by atoms with Gasteiger partial charge >= 0.3 is 0 Å². The second kappa shape index (κ2) is 7.75. The summed E-state index contributed by atoms with van der Waals surface area (Å²) in [5, 5.41) is 6.17. The second-order valence-corrected chi connectivity index (χ2v) is 5.49. The number of hydrogen-bond donors (Lipinski definition) is 2. The highest BCUT2D eigenvalue weighted by Gasteiger charge is 2.37. The molecule has 22 heavy (non-hydrogen) atoms. The molecule has 1 amide bonds. The Balaban J connectivity index is 2.21. The van der Waals surface area contributed by atoms with Crippen molar-refractivity contribution >= 4 is 12.1 Å². The lowest BCUT2D eigenvalue weighted by Gasteiger charge is -2.32. The second-order valence-electron chi connectivity index (χ2n) is 5.49. The van der Waals surface area contributed by atoms with Crippen LogP contribution in [0.15, 0.2) is 47.1 Å². The monoisotopic (exact) mass is 301 g/mol. The van der Waals surface area contributed by atoms with Crippen molar-refractivity contribution in [2.45, 2.75) is 13.3 Å². The van der Waals surface area contributed by atoms with Gasteiger partial charge in [-0.1, -0.05) is 30.3 Å². The van der Waals surface area contributed by atoms with Crippen LogP contribution >= 0.6 is 0 Å². The predicted molar refractivity (Wildman–Crippen MR) is 87.7 cm³/mol. The van der Waals surface area contributed by atoms with Crippen LogP contribution in [0.4, 0.5) is 0 Å². The molecule has 1 aliphatic heterocycles. The quantitative estimate of drug-likeness (QED) is 0.751. The number of carbonyl (C=O) groups is 1.